The van der Waals surface area contributed by atoms with Crippen molar-refractivity contribution in [1.29, 1.82) is 0 Å². The highest BCUT2D eigenvalue weighted by Crippen LogP contribution is 2.13. The van der Waals surface area contributed by atoms with Gasteiger partial charge in [0, 0.05) is 0 Å². The van der Waals surface area contributed by atoms with Gasteiger partial charge in [-0.1, -0.05) is 11.6 Å². The Bertz CT molecular complexity index is 208. The first-order valence-corrected chi connectivity index (χ1v) is 5.07. The fraction of sp³-hybridized carbons (Fsp3) is 0. The van der Waals surface area contributed by atoms with E-state index in [-0.39, 0.29) is 0 Å². The fourth-order valence-corrected chi connectivity index (χ4v) is 1.29. The molecule has 0 rings (SSSR count). The van der Waals surface area contributed by atoms with E-state index in [2.05, 4.69) is 0 Å². The van der Waals surface area contributed by atoms with Gasteiger partial charge >= 0.3 is 25.8 Å². The van der Waals surface area contributed by atoms with Crippen LogP contribution in [0.1, 0.15) is 0 Å². The van der Waals surface area contributed by atoms with E-state index < -0.39 is 30.8 Å². The van der Waals surface area contributed by atoms with E-state index >= 15 is 0 Å². The lowest BCUT2D eigenvalue weighted by Crippen LogP contribution is -1.91. The summed E-state index contributed by atoms with van der Waals surface area (Å²) >= 11 is 1.31. The maximum absolute atomic E-state index is 9.82. The fourth-order valence-electron chi connectivity index (χ4n) is 0.125. The molecule has 0 aliphatic carbocycles. The van der Waals surface area contributed by atoms with Crippen LogP contribution in [0.15, 0.2) is 9.12 Å². The van der Waals surface area contributed by atoms with Gasteiger partial charge < -0.3 is 5.11 Å². The molecule has 1 N–H and O–H groups in total. The Balaban J connectivity index is 4.35. The lowest BCUT2D eigenvalue weighted by Gasteiger charge is -1.80. The predicted octanol–water partition coefficient (Wildman–Crippen LogP) is 1.35. The minimum Gasteiger partial charge on any atom is -0.477 e. The Kier molecular flexibility index (Phi) is 3.71. The van der Waals surface area contributed by atoms with E-state index in [9.17, 15) is 10.9 Å². The van der Waals surface area contributed by atoms with Crippen LogP contribution in [0.5, 0.6) is 0 Å². The molecule has 0 unspecified atom stereocenters. The molecule has 0 saturated heterocycles. The molecule has 0 aliphatic rings. The molecule has 0 aromatic rings. The smallest absolute Gasteiger partial charge is 0.347 e. The SMILES string of the molecule is O=C(O)C(Cl)=CI(=O)=O. The molecule has 0 amide bonds. The van der Waals surface area contributed by atoms with Crippen LogP contribution in [-0.4, -0.2) is 11.1 Å². The summed E-state index contributed by atoms with van der Waals surface area (Å²) < 4.78 is 20.2. The molecule has 0 fully saturated rings. The second-order valence-corrected chi connectivity index (χ2v) is 3.41. The normalized spacial score (nSPS) is 12.0. The molecule has 0 heterocycles. The van der Waals surface area contributed by atoms with Gasteiger partial charge in [0.2, 0.25) is 0 Å². The van der Waals surface area contributed by atoms with Crippen LogP contribution in [0.25, 0.3) is 0 Å². The number of halogens is 2. The standard InChI is InChI=1S/C3H2ClIO4/c4-2(3(6)7)1-5(8)9/h1H,(H,6,7). The first-order chi connectivity index (χ1) is 4.04. The van der Waals surface area contributed by atoms with Crippen molar-refractivity contribution in [1.82, 2.24) is 0 Å². The van der Waals surface area contributed by atoms with Crippen molar-refractivity contribution in [2.75, 3.05) is 0 Å². The van der Waals surface area contributed by atoms with Gasteiger partial charge in [-0.3, -0.25) is 0 Å². The summed E-state index contributed by atoms with van der Waals surface area (Å²) in [5.41, 5.74) is 0. The van der Waals surface area contributed by atoms with Crippen molar-refractivity contribution < 1.29 is 16.0 Å². The number of carboxylic acids is 1. The van der Waals surface area contributed by atoms with Crippen LogP contribution in [0.4, 0.5) is 0 Å². The monoisotopic (exact) mass is 264 g/mol. The molecule has 0 saturated carbocycles. The van der Waals surface area contributed by atoms with Gasteiger partial charge in [-0.15, -0.1) is 0 Å². The zero-order valence-corrected chi connectivity index (χ0v) is 6.92. The lowest BCUT2D eigenvalue weighted by molar-refractivity contribution is -0.131. The Labute approximate surface area is 62.6 Å². The van der Waals surface area contributed by atoms with Crippen LogP contribution in [-0.2, 0) is 10.9 Å². The minimum atomic E-state index is -3.61. The third kappa shape index (κ3) is 4.34. The van der Waals surface area contributed by atoms with Gasteiger partial charge in [-0.25, -0.2) is 10.9 Å². The Morgan fingerprint density at radius 3 is 2.11 bits per heavy atom. The van der Waals surface area contributed by atoms with Gasteiger partial charge in [-0.05, 0) is 0 Å². The average Bonchev–Trinajstić information content (AvgIpc) is 1.63. The van der Waals surface area contributed by atoms with Crippen LogP contribution in [0, 0.1) is 0 Å². The van der Waals surface area contributed by atoms with Crippen molar-refractivity contribution in [2.24, 2.45) is 0 Å². The van der Waals surface area contributed by atoms with Crippen molar-refractivity contribution >= 4 is 37.4 Å². The molecule has 0 aromatic carbocycles. The molecular weight excluding hydrogens is 262 g/mol. The van der Waals surface area contributed by atoms with Gasteiger partial charge in [0.1, 0.15) is 5.03 Å². The van der Waals surface area contributed by atoms with Gasteiger partial charge in [0.25, 0.3) is 0 Å². The highest BCUT2D eigenvalue weighted by molar-refractivity contribution is 14.2. The number of aliphatic carboxylic acids is 1. The van der Waals surface area contributed by atoms with E-state index in [1.165, 1.54) is 0 Å². The van der Waals surface area contributed by atoms with E-state index in [4.69, 9.17) is 16.7 Å². The summed E-state index contributed by atoms with van der Waals surface area (Å²) in [6.07, 6.45) is 0. The largest absolute Gasteiger partial charge is 0.477 e. The predicted molar refractivity (Wildman–Crippen MR) is 37.0 cm³/mol. The Morgan fingerprint density at radius 1 is 1.56 bits per heavy atom. The molecule has 0 aromatic heterocycles. The summed E-state index contributed by atoms with van der Waals surface area (Å²) in [5, 5.41) is 7.32. The number of rotatable bonds is 2. The van der Waals surface area contributed by atoms with Gasteiger partial charge in [0.15, 0.2) is 0 Å². The molecule has 0 radical (unpaired) electrons. The highest BCUT2D eigenvalue weighted by Gasteiger charge is 2.02. The summed E-state index contributed by atoms with van der Waals surface area (Å²) in [6.45, 7) is 0. The number of hydrogen-bond donors (Lipinski definition) is 1. The molecule has 4 nitrogen and oxygen atoms in total. The third-order valence-electron chi connectivity index (χ3n) is 0.389. The zero-order valence-electron chi connectivity index (χ0n) is 4.01. The molecule has 9 heavy (non-hydrogen) atoms. The number of hydrogen-bond acceptors (Lipinski definition) is 3. The van der Waals surface area contributed by atoms with E-state index in [1.54, 1.807) is 0 Å². The topological polar surface area (TPSA) is 71.4 Å². The molecule has 52 valence electrons. The first kappa shape index (κ1) is 8.83. The average molecular weight is 264 g/mol. The van der Waals surface area contributed by atoms with Gasteiger partial charge in [-0.2, -0.15) is 0 Å². The maximum Gasteiger partial charge on any atom is 0.347 e. The molecule has 0 aliphatic heterocycles. The number of carboxylic acid groups (broad SMARTS) is 1. The molecule has 0 bridgehead atoms. The Morgan fingerprint density at radius 2 is 2.00 bits per heavy atom. The number of carbonyl (C=O) groups is 1. The minimum absolute atomic E-state index is 0.536. The van der Waals surface area contributed by atoms with Crippen LogP contribution in [0.2, 0.25) is 0 Å². The van der Waals surface area contributed by atoms with Crippen molar-refractivity contribution in [3.8, 4) is 0 Å². The zero-order chi connectivity index (χ0) is 7.44. The molecule has 0 atom stereocenters. The molecule has 0 spiro atoms. The first-order valence-electron chi connectivity index (χ1n) is 1.68. The van der Waals surface area contributed by atoms with Crippen molar-refractivity contribution in [2.45, 2.75) is 0 Å². The molecular formula is C3H2ClIO4. The van der Waals surface area contributed by atoms with Crippen molar-refractivity contribution in [3.63, 3.8) is 0 Å². The maximum atomic E-state index is 9.82. The summed E-state index contributed by atoms with van der Waals surface area (Å²) in [5.74, 6) is -1.43. The van der Waals surface area contributed by atoms with Crippen LogP contribution < -0.4 is 0 Å². The second-order valence-electron chi connectivity index (χ2n) is 1.00. The van der Waals surface area contributed by atoms with E-state index in [0.29, 0.717) is 4.08 Å². The van der Waals surface area contributed by atoms with Gasteiger partial charge in [0.05, 0.1) is 4.08 Å². The van der Waals surface area contributed by atoms with Crippen LogP contribution >= 0.6 is 31.4 Å². The quantitative estimate of drug-likeness (QED) is 0.603. The van der Waals surface area contributed by atoms with E-state index in [0.717, 1.165) is 0 Å². The molecule has 6 heteroatoms. The highest BCUT2D eigenvalue weighted by atomic mass is 127. The van der Waals surface area contributed by atoms with Crippen molar-refractivity contribution in [3.05, 3.63) is 9.12 Å². The summed E-state index contributed by atoms with van der Waals surface area (Å²) in [7, 11) is 0. The Hall–Kier alpha value is -0.170. The lowest BCUT2D eigenvalue weighted by atomic mass is 10.7. The van der Waals surface area contributed by atoms with Crippen LogP contribution in [0.3, 0.4) is 0 Å². The third-order valence-corrected chi connectivity index (χ3v) is 2.16. The second kappa shape index (κ2) is 3.78. The van der Waals surface area contributed by atoms with E-state index in [1.807, 2.05) is 0 Å². The summed E-state index contributed by atoms with van der Waals surface area (Å²) in [6, 6.07) is 0. The summed E-state index contributed by atoms with van der Waals surface area (Å²) in [4.78, 5) is 9.78.